The van der Waals surface area contributed by atoms with Crippen molar-refractivity contribution in [2.45, 2.75) is 32.2 Å². The second-order valence-corrected chi connectivity index (χ2v) is 8.73. The lowest BCUT2D eigenvalue weighted by Gasteiger charge is -2.14. The number of rotatable bonds is 11. The Morgan fingerprint density at radius 3 is 2.44 bits per heavy atom. The Hall–Kier alpha value is -4.32. The van der Waals surface area contributed by atoms with Gasteiger partial charge < -0.3 is 18.8 Å². The molecule has 3 aromatic carbocycles. The molecule has 0 aliphatic rings. The highest BCUT2D eigenvalue weighted by molar-refractivity contribution is 5.81. The van der Waals surface area contributed by atoms with Crippen molar-refractivity contribution in [1.82, 2.24) is 9.55 Å². The van der Waals surface area contributed by atoms with Gasteiger partial charge >= 0.3 is 5.97 Å². The van der Waals surface area contributed by atoms with Crippen LogP contribution < -0.4 is 4.74 Å². The number of aliphatic carboxylic acids is 1. The first-order valence-corrected chi connectivity index (χ1v) is 12.2. The molecule has 6 nitrogen and oxygen atoms in total. The molecule has 0 radical (unpaired) electrons. The average Bonchev–Trinajstić information content (AvgIpc) is 3.56. The molecule has 0 aliphatic heterocycles. The predicted octanol–water partition coefficient (Wildman–Crippen LogP) is 7.04. The maximum Gasteiger partial charge on any atom is 0.303 e. The minimum absolute atomic E-state index is 0.204. The smallest absolute Gasteiger partial charge is 0.303 e. The fraction of sp³-hybridized carbons (Fsp3) is 0.200. The van der Waals surface area contributed by atoms with Gasteiger partial charge in [-0.05, 0) is 49.6 Å². The lowest BCUT2D eigenvalue weighted by molar-refractivity contribution is -0.137. The number of benzene rings is 3. The second-order valence-electron chi connectivity index (χ2n) is 8.73. The van der Waals surface area contributed by atoms with Gasteiger partial charge in [0.2, 0.25) is 0 Å². The highest BCUT2D eigenvalue weighted by atomic mass is 16.5. The number of ether oxygens (including phenoxy) is 1. The Balaban J connectivity index is 1.39. The summed E-state index contributed by atoms with van der Waals surface area (Å²) in [6.07, 6.45) is 4.21. The summed E-state index contributed by atoms with van der Waals surface area (Å²) in [4.78, 5) is 15.7. The zero-order valence-corrected chi connectivity index (χ0v) is 20.0. The lowest BCUT2D eigenvalue weighted by Crippen LogP contribution is -2.06. The molecule has 0 unspecified atom stereocenters. The summed E-state index contributed by atoms with van der Waals surface area (Å²) < 4.78 is 13.9. The van der Waals surface area contributed by atoms with E-state index in [1.54, 1.807) is 6.26 Å². The maximum absolute atomic E-state index is 10.7. The molecule has 0 aliphatic carbocycles. The molecule has 5 aromatic rings. The van der Waals surface area contributed by atoms with Gasteiger partial charge in [0.25, 0.3) is 0 Å². The van der Waals surface area contributed by atoms with E-state index in [9.17, 15) is 4.79 Å². The molecule has 0 fully saturated rings. The summed E-state index contributed by atoms with van der Waals surface area (Å²) in [7, 11) is 0. The topological polar surface area (TPSA) is 77.5 Å². The molecule has 182 valence electrons. The van der Waals surface area contributed by atoms with Crippen LogP contribution in [0.2, 0.25) is 0 Å². The van der Waals surface area contributed by atoms with Crippen LogP contribution in [0.1, 0.15) is 31.2 Å². The third-order valence-electron chi connectivity index (χ3n) is 6.20. The maximum atomic E-state index is 10.7. The highest BCUT2D eigenvalue weighted by Crippen LogP contribution is 2.30. The molecule has 1 N–H and O–H groups in total. The van der Waals surface area contributed by atoms with Crippen LogP contribution in [0.5, 0.6) is 5.75 Å². The highest BCUT2D eigenvalue weighted by Gasteiger charge is 2.15. The van der Waals surface area contributed by atoms with Crippen LogP contribution in [-0.2, 0) is 11.3 Å². The van der Waals surface area contributed by atoms with Gasteiger partial charge in [0.15, 0.2) is 0 Å². The predicted molar refractivity (Wildman–Crippen MR) is 140 cm³/mol. The first-order valence-electron chi connectivity index (χ1n) is 12.2. The molecule has 0 saturated carbocycles. The van der Waals surface area contributed by atoms with E-state index in [0.29, 0.717) is 19.6 Å². The Labute approximate surface area is 209 Å². The van der Waals surface area contributed by atoms with Gasteiger partial charge in [0.05, 0.1) is 30.4 Å². The molecule has 0 spiro atoms. The van der Waals surface area contributed by atoms with E-state index < -0.39 is 5.97 Å². The normalized spacial score (nSPS) is 11.1. The zero-order chi connectivity index (χ0) is 24.7. The standard InChI is InChI=1S/C30H28N2O4/c33-29(34)14-2-1-7-19-35-28-12-6-3-9-24(28)21-32-26-11-5-4-10-25(26)31-30(32)23-17-15-22(16-18-23)27-13-8-20-36-27/h3-6,8-13,15-18,20H,1-2,7,14,19,21H2,(H,33,34). The summed E-state index contributed by atoms with van der Waals surface area (Å²) in [6.45, 7) is 1.17. The van der Waals surface area contributed by atoms with Gasteiger partial charge in [-0.15, -0.1) is 0 Å². The first kappa shape index (κ1) is 23.4. The zero-order valence-electron chi connectivity index (χ0n) is 20.0. The molecule has 0 atom stereocenters. The fourth-order valence-electron chi connectivity index (χ4n) is 4.37. The molecule has 6 heteroatoms. The summed E-state index contributed by atoms with van der Waals surface area (Å²) in [5.41, 5.74) is 5.12. The number of aromatic nitrogens is 2. The third kappa shape index (κ3) is 5.33. The van der Waals surface area contributed by atoms with Crippen LogP contribution in [0.15, 0.2) is 95.6 Å². The van der Waals surface area contributed by atoms with Gasteiger partial charge in [-0.2, -0.15) is 0 Å². The number of imidazole rings is 1. The molecule has 0 bridgehead atoms. The molecule has 36 heavy (non-hydrogen) atoms. The van der Waals surface area contributed by atoms with E-state index in [2.05, 4.69) is 41.0 Å². The largest absolute Gasteiger partial charge is 0.493 e. The molecule has 2 heterocycles. The van der Waals surface area contributed by atoms with Gasteiger partial charge in [-0.3, -0.25) is 4.79 Å². The van der Waals surface area contributed by atoms with Gasteiger partial charge in [-0.25, -0.2) is 4.98 Å². The van der Waals surface area contributed by atoms with Crippen LogP contribution in [0.3, 0.4) is 0 Å². The Morgan fingerprint density at radius 2 is 1.64 bits per heavy atom. The summed E-state index contributed by atoms with van der Waals surface area (Å²) in [5.74, 6) is 1.82. The van der Waals surface area contributed by atoms with E-state index in [1.165, 1.54) is 0 Å². The number of carbonyl (C=O) groups is 1. The third-order valence-corrected chi connectivity index (χ3v) is 6.20. The molecule has 5 rings (SSSR count). The minimum atomic E-state index is -0.750. The Morgan fingerprint density at radius 1 is 0.861 bits per heavy atom. The van der Waals surface area contributed by atoms with E-state index in [-0.39, 0.29) is 6.42 Å². The van der Waals surface area contributed by atoms with E-state index in [4.69, 9.17) is 19.2 Å². The van der Waals surface area contributed by atoms with Crippen LogP contribution in [0.25, 0.3) is 33.7 Å². The fourth-order valence-corrected chi connectivity index (χ4v) is 4.37. The summed E-state index contributed by atoms with van der Waals surface area (Å²) in [6, 6.07) is 28.3. The number of hydrogen-bond donors (Lipinski definition) is 1. The quantitative estimate of drug-likeness (QED) is 0.205. The van der Waals surface area contributed by atoms with Crippen LogP contribution in [-0.4, -0.2) is 27.2 Å². The lowest BCUT2D eigenvalue weighted by atomic mass is 10.1. The number of fused-ring (bicyclic) bond motifs is 1. The number of carboxylic acids is 1. The van der Waals surface area contributed by atoms with E-state index in [1.807, 2.05) is 48.5 Å². The average molecular weight is 481 g/mol. The number of para-hydroxylation sites is 3. The number of hydrogen-bond acceptors (Lipinski definition) is 4. The van der Waals surface area contributed by atoms with Crippen molar-refractivity contribution in [3.05, 3.63) is 96.8 Å². The number of unbranched alkanes of at least 4 members (excludes halogenated alkanes) is 2. The van der Waals surface area contributed by atoms with E-state index in [0.717, 1.165) is 57.9 Å². The van der Waals surface area contributed by atoms with Gasteiger partial charge in [0, 0.05) is 23.1 Å². The Bertz CT molecular complexity index is 1440. The van der Waals surface area contributed by atoms with E-state index >= 15 is 0 Å². The monoisotopic (exact) mass is 480 g/mol. The van der Waals surface area contributed by atoms with Crippen LogP contribution in [0, 0.1) is 0 Å². The van der Waals surface area contributed by atoms with Crippen molar-refractivity contribution >= 4 is 17.0 Å². The van der Waals surface area contributed by atoms with Crippen molar-refractivity contribution < 1.29 is 19.1 Å². The van der Waals surface area contributed by atoms with Gasteiger partial charge in [0.1, 0.15) is 17.3 Å². The van der Waals surface area contributed by atoms with Gasteiger partial charge in [-0.1, -0.05) is 54.6 Å². The number of carboxylic acid groups (broad SMARTS) is 1. The Kier molecular flexibility index (Phi) is 7.12. The molecule has 0 saturated heterocycles. The SMILES string of the molecule is O=C(O)CCCCCOc1ccccc1Cn1c(-c2ccc(-c3ccco3)cc2)nc2ccccc21. The first-order chi connectivity index (χ1) is 17.7. The summed E-state index contributed by atoms with van der Waals surface area (Å²) in [5, 5.41) is 8.80. The van der Waals surface area contributed by atoms with Crippen molar-refractivity contribution in [2.24, 2.45) is 0 Å². The van der Waals surface area contributed by atoms with Crippen molar-refractivity contribution in [3.8, 4) is 28.5 Å². The second kappa shape index (κ2) is 11.0. The van der Waals surface area contributed by atoms with Crippen molar-refractivity contribution in [2.75, 3.05) is 6.61 Å². The minimum Gasteiger partial charge on any atom is -0.493 e. The molecular weight excluding hydrogens is 452 g/mol. The number of furan rings is 1. The van der Waals surface area contributed by atoms with Crippen molar-refractivity contribution in [3.63, 3.8) is 0 Å². The summed E-state index contributed by atoms with van der Waals surface area (Å²) >= 11 is 0. The van der Waals surface area contributed by atoms with Crippen molar-refractivity contribution in [1.29, 1.82) is 0 Å². The number of nitrogens with zero attached hydrogens (tertiary/aromatic N) is 2. The molecular formula is C30H28N2O4. The van der Waals surface area contributed by atoms with Crippen LogP contribution >= 0.6 is 0 Å². The molecule has 2 aromatic heterocycles. The van der Waals surface area contributed by atoms with Crippen LogP contribution in [0.4, 0.5) is 0 Å². The molecule has 0 amide bonds.